The highest BCUT2D eigenvalue weighted by Crippen LogP contribution is 2.31. The highest BCUT2D eigenvalue weighted by molar-refractivity contribution is 5.68. The molecule has 2 unspecified atom stereocenters. The van der Waals surface area contributed by atoms with Crippen LogP contribution in [0, 0.1) is 11.8 Å². The van der Waals surface area contributed by atoms with Crippen LogP contribution < -0.4 is 5.32 Å². The number of aliphatic carboxylic acids is 1. The summed E-state index contributed by atoms with van der Waals surface area (Å²) in [6.45, 7) is 4.77. The number of nitrogens with one attached hydrogen (secondary N) is 1. The Labute approximate surface area is 119 Å². The van der Waals surface area contributed by atoms with Crippen molar-refractivity contribution in [1.82, 2.24) is 10.2 Å². The topological polar surface area (TPSA) is 78.9 Å². The number of nitrogens with zero attached hydrogens (tertiary/aromatic N) is 1. The number of rotatable bonds is 6. The molecule has 20 heavy (non-hydrogen) atoms. The van der Waals surface area contributed by atoms with Gasteiger partial charge in [-0.25, -0.2) is 4.79 Å². The first-order valence-electron chi connectivity index (χ1n) is 7.44. The van der Waals surface area contributed by atoms with E-state index in [1.165, 1.54) is 12.8 Å². The molecule has 6 heteroatoms. The third-order valence-corrected chi connectivity index (χ3v) is 3.89. The fourth-order valence-electron chi connectivity index (χ4n) is 2.96. The Hall–Kier alpha value is -1.30. The zero-order valence-electron chi connectivity index (χ0n) is 12.0. The van der Waals surface area contributed by atoms with E-state index >= 15 is 0 Å². The van der Waals surface area contributed by atoms with E-state index in [1.807, 2.05) is 0 Å². The van der Waals surface area contributed by atoms with Gasteiger partial charge >= 0.3 is 12.1 Å². The number of hydrogen-bond donors (Lipinski definition) is 2. The van der Waals surface area contributed by atoms with Crippen LogP contribution in [0.15, 0.2) is 0 Å². The molecule has 0 aromatic carbocycles. The van der Waals surface area contributed by atoms with E-state index in [2.05, 4.69) is 10.2 Å². The molecule has 1 saturated carbocycles. The van der Waals surface area contributed by atoms with Gasteiger partial charge in [0, 0.05) is 32.1 Å². The number of carbonyl (C=O) groups is 2. The molecule has 2 rings (SSSR count). The largest absolute Gasteiger partial charge is 0.481 e. The number of piperidine rings is 1. The number of amides is 1. The third-order valence-electron chi connectivity index (χ3n) is 3.89. The molecule has 1 aliphatic carbocycles. The molecule has 1 saturated heterocycles. The number of alkyl carbamates (subject to hydrolysis) is 1. The van der Waals surface area contributed by atoms with Crippen LogP contribution in [-0.2, 0) is 9.53 Å². The number of carboxylic acid groups (broad SMARTS) is 1. The summed E-state index contributed by atoms with van der Waals surface area (Å²) < 4.78 is 4.90. The Morgan fingerprint density at radius 3 is 2.65 bits per heavy atom. The number of hydrogen-bond acceptors (Lipinski definition) is 4. The smallest absolute Gasteiger partial charge is 0.407 e. The molecule has 2 fully saturated rings. The average Bonchev–Trinajstić information content (AvgIpc) is 3.11. The van der Waals surface area contributed by atoms with E-state index in [4.69, 9.17) is 9.84 Å². The second kappa shape index (κ2) is 6.92. The number of likely N-dealkylation sites (tertiary alicyclic amines) is 1. The minimum Gasteiger partial charge on any atom is -0.481 e. The van der Waals surface area contributed by atoms with E-state index in [9.17, 15) is 9.59 Å². The van der Waals surface area contributed by atoms with Crippen molar-refractivity contribution >= 4 is 12.1 Å². The molecule has 2 N–H and O–H groups in total. The SMILES string of the molecule is CCOC(=O)NC1CC(CC(=O)O)CN(CC2CC2)C1. The fourth-order valence-corrected chi connectivity index (χ4v) is 2.96. The predicted octanol–water partition coefficient (Wildman–Crippen LogP) is 1.31. The lowest BCUT2D eigenvalue weighted by atomic mass is 9.91. The summed E-state index contributed by atoms with van der Waals surface area (Å²) in [5.74, 6) is 0.104. The first-order valence-corrected chi connectivity index (χ1v) is 7.44. The summed E-state index contributed by atoms with van der Waals surface area (Å²) in [7, 11) is 0. The average molecular weight is 284 g/mol. The molecular formula is C14H24N2O4. The van der Waals surface area contributed by atoms with Gasteiger partial charge in [-0.15, -0.1) is 0 Å². The first-order chi connectivity index (χ1) is 9.56. The van der Waals surface area contributed by atoms with Gasteiger partial charge in [-0.3, -0.25) is 4.79 Å². The minimum absolute atomic E-state index is 0.00843. The summed E-state index contributed by atoms with van der Waals surface area (Å²) in [6, 6.07) is -0.00843. The summed E-state index contributed by atoms with van der Waals surface area (Å²) in [4.78, 5) is 24.7. The van der Waals surface area contributed by atoms with Crippen LogP contribution in [0.3, 0.4) is 0 Å². The van der Waals surface area contributed by atoms with Crippen LogP contribution in [-0.4, -0.2) is 54.4 Å². The maximum atomic E-state index is 11.5. The van der Waals surface area contributed by atoms with Crippen molar-refractivity contribution < 1.29 is 19.4 Å². The second-order valence-electron chi connectivity index (χ2n) is 5.92. The molecule has 0 aromatic rings. The number of carbonyl (C=O) groups excluding carboxylic acids is 1. The van der Waals surface area contributed by atoms with Crippen molar-refractivity contribution in [2.24, 2.45) is 11.8 Å². The Bertz CT molecular complexity index is 357. The van der Waals surface area contributed by atoms with Gasteiger partial charge in [-0.2, -0.15) is 0 Å². The first kappa shape index (κ1) is 15.1. The summed E-state index contributed by atoms with van der Waals surface area (Å²) >= 11 is 0. The Balaban J connectivity index is 1.87. The van der Waals surface area contributed by atoms with Crippen LogP contribution in [0.25, 0.3) is 0 Å². The Morgan fingerprint density at radius 2 is 2.05 bits per heavy atom. The van der Waals surface area contributed by atoms with Gasteiger partial charge in [-0.1, -0.05) is 0 Å². The quantitative estimate of drug-likeness (QED) is 0.769. The Morgan fingerprint density at radius 1 is 1.30 bits per heavy atom. The summed E-state index contributed by atoms with van der Waals surface area (Å²) in [5, 5.41) is 11.8. The number of ether oxygens (including phenoxy) is 1. The molecule has 0 spiro atoms. The summed E-state index contributed by atoms with van der Waals surface area (Å²) in [5.41, 5.74) is 0. The lowest BCUT2D eigenvalue weighted by Crippen LogP contribution is -2.51. The zero-order chi connectivity index (χ0) is 14.5. The van der Waals surface area contributed by atoms with E-state index < -0.39 is 12.1 Å². The minimum atomic E-state index is -0.766. The maximum Gasteiger partial charge on any atom is 0.407 e. The predicted molar refractivity (Wildman–Crippen MR) is 73.5 cm³/mol. The van der Waals surface area contributed by atoms with Crippen molar-refractivity contribution in [3.63, 3.8) is 0 Å². The highest BCUT2D eigenvalue weighted by atomic mass is 16.5. The van der Waals surface area contributed by atoms with Crippen LogP contribution in [0.4, 0.5) is 4.79 Å². The Kier molecular flexibility index (Phi) is 5.23. The van der Waals surface area contributed by atoms with E-state index in [-0.39, 0.29) is 18.4 Å². The molecule has 1 amide bonds. The summed E-state index contributed by atoms with van der Waals surface area (Å²) in [6.07, 6.45) is 3.03. The third kappa shape index (κ3) is 5.00. The lowest BCUT2D eigenvalue weighted by Gasteiger charge is -2.37. The van der Waals surface area contributed by atoms with Crippen LogP contribution in [0.1, 0.15) is 32.6 Å². The van der Waals surface area contributed by atoms with Crippen LogP contribution in [0.5, 0.6) is 0 Å². The second-order valence-corrected chi connectivity index (χ2v) is 5.92. The maximum absolute atomic E-state index is 11.5. The molecule has 2 atom stereocenters. The van der Waals surface area contributed by atoms with Gasteiger partial charge in [-0.05, 0) is 38.0 Å². The van der Waals surface area contributed by atoms with E-state index in [0.717, 1.165) is 25.6 Å². The van der Waals surface area contributed by atoms with Gasteiger partial charge in [0.15, 0.2) is 0 Å². The molecule has 0 radical (unpaired) electrons. The molecule has 0 bridgehead atoms. The molecule has 114 valence electrons. The van der Waals surface area contributed by atoms with E-state index in [1.54, 1.807) is 6.92 Å². The van der Waals surface area contributed by atoms with Gasteiger partial charge in [0.25, 0.3) is 0 Å². The number of carboxylic acids is 1. The molecule has 2 aliphatic rings. The normalized spacial score (nSPS) is 27.1. The molecular weight excluding hydrogens is 260 g/mol. The van der Waals surface area contributed by atoms with Crippen molar-refractivity contribution in [3.05, 3.63) is 0 Å². The fraction of sp³-hybridized carbons (Fsp3) is 0.857. The molecule has 0 aromatic heterocycles. The van der Waals surface area contributed by atoms with Crippen molar-refractivity contribution in [3.8, 4) is 0 Å². The highest BCUT2D eigenvalue weighted by Gasteiger charge is 2.33. The molecule has 1 heterocycles. The monoisotopic (exact) mass is 284 g/mol. The van der Waals surface area contributed by atoms with E-state index in [0.29, 0.717) is 13.0 Å². The molecule has 6 nitrogen and oxygen atoms in total. The van der Waals surface area contributed by atoms with Gasteiger partial charge in [0.2, 0.25) is 0 Å². The van der Waals surface area contributed by atoms with Crippen LogP contribution in [0.2, 0.25) is 0 Å². The van der Waals surface area contributed by atoms with Gasteiger partial charge in [0.05, 0.1) is 6.61 Å². The van der Waals surface area contributed by atoms with Gasteiger partial charge in [0.1, 0.15) is 0 Å². The van der Waals surface area contributed by atoms with Crippen molar-refractivity contribution in [1.29, 1.82) is 0 Å². The lowest BCUT2D eigenvalue weighted by molar-refractivity contribution is -0.138. The van der Waals surface area contributed by atoms with Crippen LogP contribution >= 0.6 is 0 Å². The molecule has 1 aliphatic heterocycles. The van der Waals surface area contributed by atoms with Crippen molar-refractivity contribution in [2.45, 2.75) is 38.6 Å². The zero-order valence-corrected chi connectivity index (χ0v) is 12.0. The van der Waals surface area contributed by atoms with Crippen molar-refractivity contribution in [2.75, 3.05) is 26.2 Å². The van der Waals surface area contributed by atoms with Gasteiger partial charge < -0.3 is 20.1 Å². The standard InChI is InChI=1S/C14H24N2O4/c1-2-20-14(19)15-12-5-11(6-13(17)18)8-16(9-12)7-10-3-4-10/h10-12H,2-9H2,1H3,(H,15,19)(H,17,18).